The summed E-state index contributed by atoms with van der Waals surface area (Å²) in [4.78, 5) is 49.9. The van der Waals surface area contributed by atoms with Crippen molar-refractivity contribution in [3.05, 3.63) is 65.7 Å². The standard InChI is InChI=1S/C24H27N3O6/c1-15-14-33-20-10-6-5-9-17(20)22(29)27-18(24(31)32)11-12-21(28)26-19(23(30)25-15)13-16-7-3-2-4-8-16/h2-10,15,18-19H,11-14H2,1H3,(H,25,30)(H,26,28)(H,27,29)(H,31,32)/t15-,18+,19-/m1/s1. The van der Waals surface area contributed by atoms with Crippen molar-refractivity contribution < 1.29 is 29.0 Å². The number of para-hydroxylation sites is 1. The molecule has 9 heteroatoms. The maximum Gasteiger partial charge on any atom is 0.326 e. The Labute approximate surface area is 191 Å². The van der Waals surface area contributed by atoms with Gasteiger partial charge in [-0.2, -0.15) is 0 Å². The van der Waals surface area contributed by atoms with Crippen LogP contribution in [0.15, 0.2) is 54.6 Å². The van der Waals surface area contributed by atoms with Crippen molar-refractivity contribution in [2.75, 3.05) is 6.61 Å². The van der Waals surface area contributed by atoms with Gasteiger partial charge < -0.3 is 25.8 Å². The highest BCUT2D eigenvalue weighted by molar-refractivity contribution is 5.99. The summed E-state index contributed by atoms with van der Waals surface area (Å²) in [7, 11) is 0. The summed E-state index contributed by atoms with van der Waals surface area (Å²) in [5.74, 6) is -2.47. The number of hydrogen-bond acceptors (Lipinski definition) is 5. The molecule has 2 aromatic carbocycles. The van der Waals surface area contributed by atoms with E-state index in [1.807, 2.05) is 30.3 Å². The van der Waals surface area contributed by atoms with Crippen LogP contribution in [0.5, 0.6) is 5.75 Å². The Morgan fingerprint density at radius 2 is 1.70 bits per heavy atom. The van der Waals surface area contributed by atoms with E-state index in [2.05, 4.69) is 16.0 Å². The monoisotopic (exact) mass is 453 g/mol. The molecule has 0 saturated heterocycles. The molecule has 4 N–H and O–H groups in total. The summed E-state index contributed by atoms with van der Waals surface area (Å²) in [5.41, 5.74) is 1.04. The van der Waals surface area contributed by atoms with Gasteiger partial charge in [-0.1, -0.05) is 42.5 Å². The summed E-state index contributed by atoms with van der Waals surface area (Å²) in [6, 6.07) is 13.2. The van der Waals surface area contributed by atoms with Crippen LogP contribution in [-0.2, 0) is 20.8 Å². The number of hydrogen-bond donors (Lipinski definition) is 4. The number of carbonyl (C=O) groups is 4. The molecule has 2 aromatic rings. The minimum absolute atomic E-state index is 0.0738. The number of carbonyl (C=O) groups excluding carboxylic acids is 3. The number of rotatable bonds is 3. The maximum absolute atomic E-state index is 12.9. The van der Waals surface area contributed by atoms with Gasteiger partial charge in [-0.25, -0.2) is 4.79 Å². The molecule has 0 radical (unpaired) electrons. The molecule has 1 heterocycles. The van der Waals surface area contributed by atoms with Gasteiger partial charge in [0, 0.05) is 12.8 Å². The lowest BCUT2D eigenvalue weighted by Crippen LogP contribution is -2.51. The molecule has 0 spiro atoms. The van der Waals surface area contributed by atoms with Gasteiger partial charge in [-0.15, -0.1) is 0 Å². The van der Waals surface area contributed by atoms with Crippen LogP contribution < -0.4 is 20.7 Å². The first-order chi connectivity index (χ1) is 15.8. The zero-order chi connectivity index (χ0) is 23.8. The van der Waals surface area contributed by atoms with Crippen LogP contribution in [0.2, 0.25) is 0 Å². The van der Waals surface area contributed by atoms with Crippen LogP contribution in [-0.4, -0.2) is 53.5 Å². The number of carboxylic acids is 1. The van der Waals surface area contributed by atoms with Crippen molar-refractivity contribution in [2.45, 2.75) is 44.3 Å². The highest BCUT2D eigenvalue weighted by Gasteiger charge is 2.27. The number of aliphatic carboxylic acids is 1. The Balaban J connectivity index is 1.85. The predicted octanol–water partition coefficient (Wildman–Crippen LogP) is 1.27. The molecule has 0 aromatic heterocycles. The first kappa shape index (κ1) is 23.8. The van der Waals surface area contributed by atoms with E-state index in [1.165, 1.54) is 6.07 Å². The van der Waals surface area contributed by atoms with Gasteiger partial charge in [0.05, 0.1) is 11.6 Å². The van der Waals surface area contributed by atoms with Crippen LogP contribution >= 0.6 is 0 Å². The van der Waals surface area contributed by atoms with Crippen LogP contribution in [0.4, 0.5) is 0 Å². The molecular formula is C24H27N3O6. The van der Waals surface area contributed by atoms with Gasteiger partial charge in [0.25, 0.3) is 5.91 Å². The topological polar surface area (TPSA) is 134 Å². The zero-order valence-electron chi connectivity index (χ0n) is 18.2. The van der Waals surface area contributed by atoms with Gasteiger partial charge in [0.1, 0.15) is 24.4 Å². The highest BCUT2D eigenvalue weighted by Crippen LogP contribution is 2.19. The Bertz CT molecular complexity index is 1010. The summed E-state index contributed by atoms with van der Waals surface area (Å²) in [6.07, 6.45) is -0.0382. The summed E-state index contributed by atoms with van der Waals surface area (Å²) >= 11 is 0. The molecule has 0 bridgehead atoms. The minimum Gasteiger partial charge on any atom is -0.491 e. The summed E-state index contributed by atoms with van der Waals surface area (Å²) in [5, 5.41) is 17.5. The van der Waals surface area contributed by atoms with E-state index >= 15 is 0 Å². The SMILES string of the molecule is C[C@@H]1COc2ccccc2C(=O)N[C@H](C(=O)O)CCC(=O)N[C@H](Cc2ccccc2)C(=O)N1. The second kappa shape index (κ2) is 11.1. The first-order valence-corrected chi connectivity index (χ1v) is 10.7. The third kappa shape index (κ3) is 6.80. The highest BCUT2D eigenvalue weighted by atomic mass is 16.5. The average Bonchev–Trinajstić information content (AvgIpc) is 2.80. The van der Waals surface area contributed by atoms with Gasteiger partial charge >= 0.3 is 5.97 Å². The summed E-state index contributed by atoms with van der Waals surface area (Å²) < 4.78 is 5.75. The molecule has 1 aliphatic rings. The van der Waals surface area contributed by atoms with Crippen molar-refractivity contribution in [3.8, 4) is 5.75 Å². The third-order valence-electron chi connectivity index (χ3n) is 5.21. The van der Waals surface area contributed by atoms with Crippen LogP contribution in [0.1, 0.15) is 35.7 Å². The van der Waals surface area contributed by atoms with E-state index in [-0.39, 0.29) is 43.1 Å². The lowest BCUT2D eigenvalue weighted by molar-refractivity contribution is -0.139. The van der Waals surface area contributed by atoms with Crippen molar-refractivity contribution in [3.63, 3.8) is 0 Å². The molecule has 0 aliphatic carbocycles. The largest absolute Gasteiger partial charge is 0.491 e. The quantitative estimate of drug-likeness (QED) is 0.553. The van der Waals surface area contributed by atoms with Crippen molar-refractivity contribution in [1.82, 2.24) is 16.0 Å². The molecule has 0 fully saturated rings. The lowest BCUT2D eigenvalue weighted by atomic mass is 10.0. The first-order valence-electron chi connectivity index (χ1n) is 10.7. The number of nitrogens with one attached hydrogen (secondary N) is 3. The van der Waals surface area contributed by atoms with E-state index in [9.17, 15) is 24.3 Å². The van der Waals surface area contributed by atoms with Crippen LogP contribution in [0.25, 0.3) is 0 Å². The fraction of sp³-hybridized carbons (Fsp3) is 0.333. The molecule has 9 nitrogen and oxygen atoms in total. The number of fused-ring (bicyclic) bond motifs is 1. The molecule has 174 valence electrons. The molecular weight excluding hydrogens is 426 g/mol. The van der Waals surface area contributed by atoms with Gasteiger partial charge in [-0.05, 0) is 31.0 Å². The normalized spacial score (nSPS) is 22.3. The lowest BCUT2D eigenvalue weighted by Gasteiger charge is -2.22. The van der Waals surface area contributed by atoms with Crippen LogP contribution in [0.3, 0.4) is 0 Å². The second-order valence-electron chi connectivity index (χ2n) is 7.93. The maximum atomic E-state index is 12.9. The molecule has 3 amide bonds. The number of amides is 3. The van der Waals surface area contributed by atoms with E-state index in [1.54, 1.807) is 25.1 Å². The van der Waals surface area contributed by atoms with Crippen molar-refractivity contribution in [2.24, 2.45) is 0 Å². The zero-order valence-corrected chi connectivity index (χ0v) is 18.2. The van der Waals surface area contributed by atoms with Crippen molar-refractivity contribution in [1.29, 1.82) is 0 Å². The molecule has 0 unspecified atom stereocenters. The molecule has 3 atom stereocenters. The molecule has 1 aliphatic heterocycles. The third-order valence-corrected chi connectivity index (χ3v) is 5.21. The van der Waals surface area contributed by atoms with E-state index in [0.29, 0.717) is 0 Å². The average molecular weight is 453 g/mol. The van der Waals surface area contributed by atoms with E-state index < -0.39 is 35.9 Å². The Kier molecular flexibility index (Phi) is 8.01. The molecule has 3 rings (SSSR count). The second-order valence-corrected chi connectivity index (χ2v) is 7.93. The smallest absolute Gasteiger partial charge is 0.326 e. The Morgan fingerprint density at radius 3 is 2.42 bits per heavy atom. The van der Waals surface area contributed by atoms with Gasteiger partial charge in [0.15, 0.2) is 0 Å². The predicted molar refractivity (Wildman–Crippen MR) is 120 cm³/mol. The molecule has 0 saturated carbocycles. The minimum atomic E-state index is -1.28. The number of carboxylic acid groups (broad SMARTS) is 1. The molecule has 33 heavy (non-hydrogen) atoms. The number of benzene rings is 2. The van der Waals surface area contributed by atoms with Gasteiger partial charge in [-0.3, -0.25) is 14.4 Å². The van der Waals surface area contributed by atoms with Crippen molar-refractivity contribution >= 4 is 23.7 Å². The Morgan fingerprint density at radius 1 is 1.00 bits per heavy atom. The van der Waals surface area contributed by atoms with E-state index in [4.69, 9.17) is 4.74 Å². The number of ether oxygens (including phenoxy) is 1. The summed E-state index contributed by atoms with van der Waals surface area (Å²) in [6.45, 7) is 1.82. The Hall–Kier alpha value is -3.88. The van der Waals surface area contributed by atoms with Crippen LogP contribution in [0, 0.1) is 0 Å². The van der Waals surface area contributed by atoms with E-state index in [0.717, 1.165) is 5.56 Å². The fourth-order valence-electron chi connectivity index (χ4n) is 3.47. The van der Waals surface area contributed by atoms with Gasteiger partial charge in [0.2, 0.25) is 11.8 Å². The fourth-order valence-corrected chi connectivity index (χ4v) is 3.47.